The lowest BCUT2D eigenvalue weighted by atomic mass is 10.2. The van der Waals surface area contributed by atoms with Gasteiger partial charge in [-0.2, -0.15) is 0 Å². The molecule has 2 aromatic rings. The molecule has 0 saturated heterocycles. The highest BCUT2D eigenvalue weighted by molar-refractivity contribution is 8.00. The molecule has 2 rings (SSSR count). The number of nitrogens with one attached hydrogen (secondary N) is 1. The fourth-order valence-electron chi connectivity index (χ4n) is 1.76. The highest BCUT2D eigenvalue weighted by Gasteiger charge is 2.09. The number of amides is 1. The molecule has 0 aliphatic heterocycles. The number of carbonyl (C=O) groups is 1. The summed E-state index contributed by atoms with van der Waals surface area (Å²) >= 11 is 3.30. The van der Waals surface area contributed by atoms with E-state index < -0.39 is 0 Å². The lowest BCUT2D eigenvalue weighted by Gasteiger charge is -2.12. The van der Waals surface area contributed by atoms with Crippen molar-refractivity contribution in [3.05, 3.63) is 52.7 Å². The van der Waals surface area contributed by atoms with Gasteiger partial charge in [0.25, 0.3) is 0 Å². The Hall–Kier alpha value is -1.26. The molecule has 1 aromatic heterocycles. The summed E-state index contributed by atoms with van der Waals surface area (Å²) in [7, 11) is 0. The molecule has 19 heavy (non-hydrogen) atoms. The second kappa shape index (κ2) is 7.36. The molecule has 1 heterocycles. The van der Waals surface area contributed by atoms with Crippen molar-refractivity contribution in [2.75, 3.05) is 5.75 Å². The summed E-state index contributed by atoms with van der Waals surface area (Å²) in [5.41, 5.74) is 0. The van der Waals surface area contributed by atoms with Crippen molar-refractivity contribution in [3.8, 4) is 0 Å². The number of rotatable bonds is 6. The van der Waals surface area contributed by atoms with Crippen LogP contribution in [0.3, 0.4) is 0 Å². The first kappa shape index (κ1) is 14.2. The molecule has 0 fully saturated rings. The summed E-state index contributed by atoms with van der Waals surface area (Å²) in [6.07, 6.45) is 0.902. The molecule has 0 aliphatic rings. The number of thioether (sulfide) groups is 1. The van der Waals surface area contributed by atoms with E-state index in [1.807, 2.05) is 43.3 Å². The lowest BCUT2D eigenvalue weighted by molar-refractivity contribution is -0.119. The predicted octanol–water partition coefficient (Wildman–Crippen LogP) is 3.59. The summed E-state index contributed by atoms with van der Waals surface area (Å²) in [6, 6.07) is 14.3. The van der Waals surface area contributed by atoms with E-state index in [1.54, 1.807) is 23.1 Å². The maximum Gasteiger partial charge on any atom is 0.230 e. The first-order chi connectivity index (χ1) is 9.24. The topological polar surface area (TPSA) is 29.1 Å². The van der Waals surface area contributed by atoms with Crippen LogP contribution in [0.4, 0.5) is 0 Å². The van der Waals surface area contributed by atoms with Crippen molar-refractivity contribution in [1.82, 2.24) is 5.32 Å². The Morgan fingerprint density at radius 1 is 1.26 bits per heavy atom. The molecule has 0 radical (unpaired) electrons. The minimum Gasteiger partial charge on any atom is -0.353 e. The number of benzene rings is 1. The summed E-state index contributed by atoms with van der Waals surface area (Å²) in [5.74, 6) is 0.566. The first-order valence-corrected chi connectivity index (χ1v) is 8.10. The molecule has 1 aromatic carbocycles. The van der Waals surface area contributed by atoms with E-state index in [4.69, 9.17) is 0 Å². The van der Waals surface area contributed by atoms with Crippen LogP contribution in [0.2, 0.25) is 0 Å². The molecular formula is C15H17NOS2. The molecule has 1 atom stereocenters. The van der Waals surface area contributed by atoms with Gasteiger partial charge in [-0.25, -0.2) is 0 Å². The molecule has 0 bridgehead atoms. The zero-order chi connectivity index (χ0) is 13.5. The van der Waals surface area contributed by atoms with E-state index in [0.717, 1.165) is 11.3 Å². The molecule has 4 heteroatoms. The van der Waals surface area contributed by atoms with Crippen molar-refractivity contribution in [3.63, 3.8) is 0 Å². The van der Waals surface area contributed by atoms with Crippen LogP contribution in [-0.2, 0) is 11.2 Å². The third-order valence-corrected chi connectivity index (χ3v) is 4.52. The van der Waals surface area contributed by atoms with Crippen LogP contribution in [0.25, 0.3) is 0 Å². The maximum absolute atomic E-state index is 11.8. The van der Waals surface area contributed by atoms with Gasteiger partial charge in [-0.3, -0.25) is 4.79 Å². The van der Waals surface area contributed by atoms with Gasteiger partial charge in [0.2, 0.25) is 5.91 Å². The molecule has 2 nitrogen and oxygen atoms in total. The van der Waals surface area contributed by atoms with E-state index in [-0.39, 0.29) is 11.9 Å². The largest absolute Gasteiger partial charge is 0.353 e. The number of thiophene rings is 1. The van der Waals surface area contributed by atoms with Gasteiger partial charge < -0.3 is 5.32 Å². The van der Waals surface area contributed by atoms with Crippen molar-refractivity contribution in [2.45, 2.75) is 24.3 Å². The Morgan fingerprint density at radius 3 is 2.74 bits per heavy atom. The fourth-order valence-corrected chi connectivity index (χ4v) is 3.33. The Kier molecular flexibility index (Phi) is 5.48. The van der Waals surface area contributed by atoms with Crippen LogP contribution < -0.4 is 5.32 Å². The summed E-state index contributed by atoms with van der Waals surface area (Å²) in [4.78, 5) is 14.3. The monoisotopic (exact) mass is 291 g/mol. The maximum atomic E-state index is 11.8. The highest BCUT2D eigenvalue weighted by Crippen LogP contribution is 2.16. The van der Waals surface area contributed by atoms with Crippen molar-refractivity contribution < 1.29 is 4.79 Å². The highest BCUT2D eigenvalue weighted by atomic mass is 32.2. The number of carbonyl (C=O) groups excluding carboxylic acids is 1. The van der Waals surface area contributed by atoms with Crippen LogP contribution in [-0.4, -0.2) is 17.7 Å². The smallest absolute Gasteiger partial charge is 0.230 e. The summed E-state index contributed by atoms with van der Waals surface area (Å²) in [6.45, 7) is 2.05. The molecule has 100 valence electrons. The molecule has 0 spiro atoms. The van der Waals surface area contributed by atoms with Gasteiger partial charge in [0, 0.05) is 22.2 Å². The van der Waals surface area contributed by atoms with E-state index in [2.05, 4.69) is 16.8 Å². The van der Waals surface area contributed by atoms with E-state index >= 15 is 0 Å². The minimum atomic E-state index is 0.0953. The van der Waals surface area contributed by atoms with Gasteiger partial charge in [0.1, 0.15) is 0 Å². The van der Waals surface area contributed by atoms with Crippen LogP contribution in [0.15, 0.2) is 52.7 Å². The van der Waals surface area contributed by atoms with Gasteiger partial charge in [-0.1, -0.05) is 24.3 Å². The zero-order valence-corrected chi connectivity index (χ0v) is 12.5. The second-order valence-corrected chi connectivity index (χ2v) is 6.43. The van der Waals surface area contributed by atoms with Gasteiger partial charge in [0.05, 0.1) is 5.75 Å². The Labute approximate surface area is 122 Å². The van der Waals surface area contributed by atoms with Crippen molar-refractivity contribution in [2.24, 2.45) is 0 Å². The normalized spacial score (nSPS) is 12.1. The predicted molar refractivity (Wildman–Crippen MR) is 82.8 cm³/mol. The quantitative estimate of drug-likeness (QED) is 0.824. The molecule has 1 unspecified atom stereocenters. The second-order valence-electron chi connectivity index (χ2n) is 4.35. The van der Waals surface area contributed by atoms with Crippen LogP contribution >= 0.6 is 23.1 Å². The first-order valence-electron chi connectivity index (χ1n) is 6.23. The van der Waals surface area contributed by atoms with Gasteiger partial charge in [0.15, 0.2) is 0 Å². The molecule has 1 N–H and O–H groups in total. The molecule has 0 aliphatic carbocycles. The van der Waals surface area contributed by atoms with Crippen molar-refractivity contribution >= 4 is 29.0 Å². The lowest BCUT2D eigenvalue weighted by Crippen LogP contribution is -2.35. The SMILES string of the molecule is CC(Cc1cccs1)NC(=O)CSc1ccccc1. The number of hydrogen-bond donors (Lipinski definition) is 1. The number of hydrogen-bond acceptors (Lipinski definition) is 3. The van der Waals surface area contributed by atoms with Crippen LogP contribution in [0.1, 0.15) is 11.8 Å². The third kappa shape index (κ3) is 5.09. The van der Waals surface area contributed by atoms with Gasteiger partial charge in [-0.05, 0) is 30.5 Å². The summed E-state index contributed by atoms with van der Waals surface area (Å²) in [5, 5.41) is 5.10. The Balaban J connectivity index is 1.72. The molecule has 1 amide bonds. The average molecular weight is 291 g/mol. The van der Waals surface area contributed by atoms with Crippen LogP contribution in [0.5, 0.6) is 0 Å². The summed E-state index contributed by atoms with van der Waals surface area (Å²) < 4.78 is 0. The van der Waals surface area contributed by atoms with Crippen LogP contribution in [0, 0.1) is 0 Å². The third-order valence-electron chi connectivity index (χ3n) is 2.61. The van der Waals surface area contributed by atoms with Crippen molar-refractivity contribution in [1.29, 1.82) is 0 Å². The Bertz CT molecular complexity index is 496. The van der Waals surface area contributed by atoms with E-state index in [9.17, 15) is 4.79 Å². The Morgan fingerprint density at radius 2 is 2.05 bits per heavy atom. The molecular weight excluding hydrogens is 274 g/mol. The van der Waals surface area contributed by atoms with Gasteiger partial charge in [-0.15, -0.1) is 23.1 Å². The zero-order valence-electron chi connectivity index (χ0n) is 10.8. The molecule has 0 saturated carbocycles. The van der Waals surface area contributed by atoms with Gasteiger partial charge >= 0.3 is 0 Å². The minimum absolute atomic E-state index is 0.0953. The fraction of sp³-hybridized carbons (Fsp3) is 0.267. The van der Waals surface area contributed by atoms with E-state index in [1.165, 1.54) is 4.88 Å². The van der Waals surface area contributed by atoms with E-state index in [0.29, 0.717) is 5.75 Å². The standard InChI is InChI=1S/C15H17NOS2/c1-12(10-14-8-5-9-18-14)16-15(17)11-19-13-6-3-2-4-7-13/h2-9,12H,10-11H2,1H3,(H,16,17). The average Bonchev–Trinajstić information content (AvgIpc) is 2.90.